The van der Waals surface area contributed by atoms with Crippen LogP contribution in [0.4, 0.5) is 0 Å². The number of halogens is 1. The van der Waals surface area contributed by atoms with E-state index in [9.17, 15) is 0 Å². The summed E-state index contributed by atoms with van der Waals surface area (Å²) < 4.78 is 5.79. The molecule has 1 aliphatic heterocycles. The van der Waals surface area contributed by atoms with Crippen molar-refractivity contribution in [2.24, 2.45) is 0 Å². The number of nitrogens with one attached hydrogen (secondary N) is 1. The van der Waals surface area contributed by atoms with Gasteiger partial charge >= 0.3 is 0 Å². The summed E-state index contributed by atoms with van der Waals surface area (Å²) in [5.41, 5.74) is 1.07. The van der Waals surface area contributed by atoms with E-state index in [1.165, 1.54) is 6.42 Å². The first-order chi connectivity index (χ1) is 9.33. The highest BCUT2D eigenvalue weighted by molar-refractivity contribution is 7.13. The summed E-state index contributed by atoms with van der Waals surface area (Å²) in [6, 6.07) is 4.08. The number of hydrogen-bond donors (Lipinski definition) is 1. The lowest BCUT2D eigenvalue weighted by Gasteiger charge is -2.17. The highest BCUT2D eigenvalue weighted by Crippen LogP contribution is 2.26. The van der Waals surface area contributed by atoms with E-state index in [0.29, 0.717) is 0 Å². The van der Waals surface area contributed by atoms with E-state index in [2.05, 4.69) is 26.6 Å². The van der Waals surface area contributed by atoms with Crippen molar-refractivity contribution in [3.63, 3.8) is 0 Å². The molecule has 3 heterocycles. The van der Waals surface area contributed by atoms with Crippen LogP contribution in [0, 0.1) is 6.92 Å². The Kier molecular flexibility index (Phi) is 5.60. The number of hydrogen-bond acceptors (Lipinski definition) is 5. The number of aryl methyl sites for hydroxylation is 1. The Morgan fingerprint density at radius 1 is 1.40 bits per heavy atom. The molecule has 0 spiro atoms. The molecule has 1 fully saturated rings. The molecule has 2 aromatic rings. The van der Waals surface area contributed by atoms with E-state index in [-0.39, 0.29) is 12.4 Å². The lowest BCUT2D eigenvalue weighted by molar-refractivity contribution is 0.280. The van der Waals surface area contributed by atoms with Gasteiger partial charge in [0.05, 0.1) is 10.6 Å². The van der Waals surface area contributed by atoms with Crippen LogP contribution in [-0.4, -0.2) is 36.1 Å². The van der Waals surface area contributed by atoms with Crippen LogP contribution in [0.2, 0.25) is 0 Å². The fourth-order valence-corrected chi connectivity index (χ4v) is 3.00. The van der Waals surface area contributed by atoms with E-state index in [4.69, 9.17) is 4.42 Å². The van der Waals surface area contributed by atoms with Crippen LogP contribution in [-0.2, 0) is 6.54 Å². The lowest BCUT2D eigenvalue weighted by Crippen LogP contribution is -2.28. The molecule has 0 aliphatic carbocycles. The summed E-state index contributed by atoms with van der Waals surface area (Å²) >= 11 is 1.67. The van der Waals surface area contributed by atoms with E-state index in [1.54, 1.807) is 11.3 Å². The highest BCUT2D eigenvalue weighted by Gasteiger charge is 2.16. The monoisotopic (exact) mass is 313 g/mol. The van der Waals surface area contributed by atoms with E-state index >= 15 is 0 Å². The largest absolute Gasteiger partial charge is 0.440 e. The van der Waals surface area contributed by atoms with Crippen molar-refractivity contribution in [2.75, 3.05) is 26.2 Å². The minimum absolute atomic E-state index is 0. The van der Waals surface area contributed by atoms with Gasteiger partial charge < -0.3 is 9.73 Å². The van der Waals surface area contributed by atoms with Gasteiger partial charge in [0.15, 0.2) is 0 Å². The van der Waals surface area contributed by atoms with Gasteiger partial charge in [-0.05, 0) is 37.9 Å². The van der Waals surface area contributed by atoms with Crippen molar-refractivity contribution < 1.29 is 4.42 Å². The summed E-state index contributed by atoms with van der Waals surface area (Å²) in [7, 11) is 0. The fraction of sp³-hybridized carbons (Fsp3) is 0.500. The van der Waals surface area contributed by atoms with Crippen molar-refractivity contribution in [1.29, 1.82) is 0 Å². The van der Waals surface area contributed by atoms with E-state index < -0.39 is 0 Å². The highest BCUT2D eigenvalue weighted by atomic mass is 35.5. The van der Waals surface area contributed by atoms with Gasteiger partial charge in [-0.15, -0.1) is 23.7 Å². The van der Waals surface area contributed by atoms with Gasteiger partial charge in [-0.1, -0.05) is 6.07 Å². The van der Waals surface area contributed by atoms with Crippen molar-refractivity contribution in [3.05, 3.63) is 29.0 Å². The maximum atomic E-state index is 5.79. The number of oxazole rings is 1. The zero-order chi connectivity index (χ0) is 13.1. The number of thiophene rings is 1. The smallest absolute Gasteiger partial charge is 0.236 e. The molecule has 110 valence electrons. The molecule has 6 heteroatoms. The standard InChI is InChI=1S/C14H19N3OS.ClH/c1-11-12(10-17-7-3-5-15-6-8-17)16-14(18-11)13-4-2-9-19-13;/h2,4,9,15H,3,5-8,10H2,1H3;1H. The Morgan fingerprint density at radius 2 is 2.30 bits per heavy atom. The van der Waals surface area contributed by atoms with E-state index in [1.807, 2.05) is 13.0 Å². The van der Waals surface area contributed by atoms with Crippen LogP contribution in [0.1, 0.15) is 17.9 Å². The second kappa shape index (κ2) is 7.22. The zero-order valence-corrected chi connectivity index (χ0v) is 13.2. The molecule has 0 bridgehead atoms. The predicted octanol–water partition coefficient (Wildman–Crippen LogP) is 2.93. The fourth-order valence-electron chi connectivity index (χ4n) is 2.35. The van der Waals surface area contributed by atoms with Gasteiger partial charge in [0.2, 0.25) is 5.89 Å². The summed E-state index contributed by atoms with van der Waals surface area (Å²) in [6.45, 7) is 7.30. The first-order valence-electron chi connectivity index (χ1n) is 6.76. The van der Waals surface area contributed by atoms with Crippen LogP contribution < -0.4 is 5.32 Å². The molecule has 3 rings (SSSR count). The lowest BCUT2D eigenvalue weighted by atomic mass is 10.3. The Balaban J connectivity index is 0.00000147. The predicted molar refractivity (Wildman–Crippen MR) is 84.6 cm³/mol. The number of aromatic nitrogens is 1. The molecule has 1 saturated heterocycles. The van der Waals surface area contributed by atoms with Crippen molar-refractivity contribution >= 4 is 23.7 Å². The maximum absolute atomic E-state index is 5.79. The third-order valence-electron chi connectivity index (χ3n) is 3.43. The molecule has 0 saturated carbocycles. The van der Waals surface area contributed by atoms with Crippen LogP contribution in [0.3, 0.4) is 0 Å². The molecule has 1 N–H and O–H groups in total. The normalized spacial score (nSPS) is 16.6. The summed E-state index contributed by atoms with van der Waals surface area (Å²) in [6.07, 6.45) is 1.20. The van der Waals surface area contributed by atoms with Crippen LogP contribution in [0.25, 0.3) is 10.8 Å². The van der Waals surface area contributed by atoms with Gasteiger partial charge in [-0.2, -0.15) is 0 Å². The minimum Gasteiger partial charge on any atom is -0.440 e. The molecule has 0 radical (unpaired) electrons. The summed E-state index contributed by atoms with van der Waals surface area (Å²) in [4.78, 5) is 8.21. The molecular formula is C14H20ClN3OS. The maximum Gasteiger partial charge on any atom is 0.236 e. The zero-order valence-electron chi connectivity index (χ0n) is 11.6. The van der Waals surface area contributed by atoms with Crippen LogP contribution in [0.15, 0.2) is 21.9 Å². The first kappa shape index (κ1) is 15.5. The molecule has 0 aromatic carbocycles. The van der Waals surface area contributed by atoms with Gasteiger partial charge in [-0.3, -0.25) is 4.90 Å². The second-order valence-electron chi connectivity index (χ2n) is 4.88. The molecule has 2 aromatic heterocycles. The van der Waals surface area contributed by atoms with Gasteiger partial charge in [0, 0.05) is 19.6 Å². The molecule has 1 aliphatic rings. The molecular weight excluding hydrogens is 294 g/mol. The topological polar surface area (TPSA) is 41.3 Å². The molecule has 0 unspecified atom stereocenters. The first-order valence-corrected chi connectivity index (χ1v) is 7.64. The summed E-state index contributed by atoms with van der Waals surface area (Å²) in [5, 5.41) is 5.47. The minimum atomic E-state index is 0. The molecule has 4 nitrogen and oxygen atoms in total. The second-order valence-corrected chi connectivity index (χ2v) is 5.83. The van der Waals surface area contributed by atoms with Gasteiger partial charge in [0.25, 0.3) is 0 Å². The Bertz CT molecular complexity index is 519. The van der Waals surface area contributed by atoms with Gasteiger partial charge in [-0.25, -0.2) is 4.98 Å². The third kappa shape index (κ3) is 3.61. The Morgan fingerprint density at radius 3 is 3.10 bits per heavy atom. The Labute approximate surface area is 129 Å². The molecule has 0 atom stereocenters. The van der Waals surface area contributed by atoms with Gasteiger partial charge in [0.1, 0.15) is 5.76 Å². The quantitative estimate of drug-likeness (QED) is 0.946. The van der Waals surface area contributed by atoms with Crippen molar-refractivity contribution in [3.8, 4) is 10.8 Å². The van der Waals surface area contributed by atoms with Crippen molar-refractivity contribution in [1.82, 2.24) is 15.2 Å². The third-order valence-corrected chi connectivity index (χ3v) is 4.29. The Hall–Kier alpha value is -0.880. The molecule has 0 amide bonds. The van der Waals surface area contributed by atoms with Crippen molar-refractivity contribution in [2.45, 2.75) is 19.9 Å². The average molecular weight is 314 g/mol. The molecule has 20 heavy (non-hydrogen) atoms. The number of rotatable bonds is 3. The van der Waals surface area contributed by atoms with Crippen LogP contribution >= 0.6 is 23.7 Å². The van der Waals surface area contributed by atoms with Crippen LogP contribution in [0.5, 0.6) is 0 Å². The van der Waals surface area contributed by atoms with E-state index in [0.717, 1.165) is 54.9 Å². The summed E-state index contributed by atoms with van der Waals surface area (Å²) in [5.74, 6) is 1.70. The average Bonchev–Trinajstić information content (AvgIpc) is 2.96. The SMILES string of the molecule is Cc1oc(-c2cccs2)nc1CN1CCCNCC1.Cl. The number of nitrogens with zero attached hydrogens (tertiary/aromatic N) is 2.